The molecular weight excluding hydrogens is 976 g/mol. The number of carbonyl (C=O) groups is 2. The lowest BCUT2D eigenvalue weighted by Crippen LogP contribution is -2.47. The van der Waals surface area contributed by atoms with Gasteiger partial charge in [0.25, 0.3) is 0 Å². The van der Waals surface area contributed by atoms with Gasteiger partial charge >= 0.3 is 13.8 Å². The van der Waals surface area contributed by atoms with Gasteiger partial charge in [0.05, 0.1) is 33.8 Å². The molecule has 0 spiro atoms. The molecule has 3 unspecified atom stereocenters. The largest absolute Gasteiger partial charge is 0.472 e. The smallest absolute Gasteiger partial charge is 0.456 e. The van der Waals surface area contributed by atoms with Crippen molar-refractivity contribution in [3.8, 4) is 0 Å². The second-order valence-electron chi connectivity index (χ2n) is 22.9. The Morgan fingerprint density at radius 1 is 0.455 bits per heavy atom. The van der Waals surface area contributed by atoms with Crippen molar-refractivity contribution in [1.82, 2.24) is 5.32 Å². The van der Waals surface area contributed by atoms with Crippen molar-refractivity contribution in [3.63, 3.8) is 0 Å². The van der Waals surface area contributed by atoms with E-state index in [1.54, 1.807) is 0 Å². The number of hydrogen-bond donors (Lipinski definition) is 2. The normalized spacial score (nSPS) is 14.1. The molecule has 0 saturated heterocycles. The summed E-state index contributed by atoms with van der Waals surface area (Å²) >= 11 is 0. The molecule has 77 heavy (non-hydrogen) atoms. The van der Waals surface area contributed by atoms with Gasteiger partial charge in [0.1, 0.15) is 19.3 Å². The predicted molar refractivity (Wildman–Crippen MR) is 332 cm³/mol. The van der Waals surface area contributed by atoms with Crippen LogP contribution in [0, 0.1) is 0 Å². The van der Waals surface area contributed by atoms with Crippen LogP contribution in [0.5, 0.6) is 0 Å². The molecule has 9 nitrogen and oxygen atoms in total. The number of amides is 1. The third-order valence-electron chi connectivity index (χ3n) is 14.1. The van der Waals surface area contributed by atoms with Gasteiger partial charge in [-0.3, -0.25) is 18.6 Å². The molecule has 0 aliphatic heterocycles. The van der Waals surface area contributed by atoms with E-state index in [1.807, 2.05) is 33.3 Å². The maximum atomic E-state index is 13.5. The van der Waals surface area contributed by atoms with E-state index < -0.39 is 20.0 Å². The number of ether oxygens (including phenoxy) is 1. The summed E-state index contributed by atoms with van der Waals surface area (Å²) in [5.41, 5.74) is 0. The number of esters is 1. The van der Waals surface area contributed by atoms with Gasteiger partial charge in [0.15, 0.2) is 0 Å². The fourth-order valence-electron chi connectivity index (χ4n) is 9.10. The first kappa shape index (κ1) is 74.5. The Morgan fingerprint density at radius 3 is 1.25 bits per heavy atom. The highest BCUT2D eigenvalue weighted by Crippen LogP contribution is 2.43. The third-order valence-corrected chi connectivity index (χ3v) is 15.1. The molecule has 0 bridgehead atoms. The Kier molecular flexibility index (Phi) is 54.8. The highest BCUT2D eigenvalue weighted by atomic mass is 31.2. The molecule has 10 heteroatoms. The summed E-state index contributed by atoms with van der Waals surface area (Å²) in [5, 5.41) is 3.03. The zero-order valence-electron chi connectivity index (χ0n) is 51.2. The van der Waals surface area contributed by atoms with E-state index in [9.17, 15) is 19.0 Å². The topological polar surface area (TPSA) is 111 Å². The lowest BCUT2D eigenvalue weighted by atomic mass is 10.0. The van der Waals surface area contributed by atoms with Crippen LogP contribution >= 0.6 is 7.82 Å². The summed E-state index contributed by atoms with van der Waals surface area (Å²) in [4.78, 5) is 37.7. The Bertz CT molecular complexity index is 1550. The summed E-state index contributed by atoms with van der Waals surface area (Å²) in [5.74, 6) is -0.566. The Labute approximate surface area is 476 Å². The van der Waals surface area contributed by atoms with Crippen LogP contribution in [0.1, 0.15) is 290 Å². The number of phosphoric acid groups is 1. The van der Waals surface area contributed by atoms with Crippen LogP contribution in [-0.4, -0.2) is 74.3 Å². The molecule has 0 aromatic heterocycles. The molecular formula is C67H124N2O7P+. The highest BCUT2D eigenvalue weighted by Gasteiger charge is 2.30. The molecule has 0 heterocycles. The van der Waals surface area contributed by atoms with Crippen molar-refractivity contribution in [2.75, 3.05) is 40.9 Å². The Balaban J connectivity index is 5.30. The van der Waals surface area contributed by atoms with Crippen molar-refractivity contribution in [2.24, 2.45) is 0 Å². The van der Waals surface area contributed by atoms with E-state index in [0.29, 0.717) is 17.4 Å². The van der Waals surface area contributed by atoms with Gasteiger partial charge in [0, 0.05) is 12.8 Å². The molecule has 3 atom stereocenters. The summed E-state index contributed by atoms with van der Waals surface area (Å²) in [6, 6.07) is -0.879. The second-order valence-corrected chi connectivity index (χ2v) is 24.4. The van der Waals surface area contributed by atoms with Crippen molar-refractivity contribution in [2.45, 2.75) is 303 Å². The quantitative estimate of drug-likeness (QED) is 0.0205. The summed E-state index contributed by atoms with van der Waals surface area (Å²) in [6.07, 6.45) is 73.4. The SMILES string of the molecule is CCCCC/C=C\C/C=C\C/C=C\C/C=C\CCCC(=O)NC(COP(=O)(O)OCC[N+](C)(C)C)C(/C=C/CCCCCCCCCCCCC)OC(=O)CCCCCCCCCCCCC/C=C/CCCCCCCC. The van der Waals surface area contributed by atoms with Gasteiger partial charge < -0.3 is 19.4 Å². The fourth-order valence-corrected chi connectivity index (χ4v) is 9.84. The molecule has 0 saturated carbocycles. The number of hydrogen-bond acceptors (Lipinski definition) is 6. The van der Waals surface area contributed by atoms with Gasteiger partial charge in [-0.2, -0.15) is 0 Å². The van der Waals surface area contributed by atoms with Crippen molar-refractivity contribution >= 4 is 19.7 Å². The standard InChI is InChI=1S/C67H123N2O7P/c1-7-10-13-16-19-22-25-28-30-32-33-34-35-37-39-42-45-48-51-54-57-60-67(71)76-65(58-55-52-49-46-43-40-27-24-21-18-15-12-9-3)64(63-75-77(72,73)74-62-61-69(4,5)6)68-66(70)59-56-53-50-47-44-41-38-36-31-29-26-23-20-17-14-11-8-2/h20,23,28-31,38,41,47,50,55,58,64-65H,7-19,21-22,24-27,32-37,39-40,42-46,48-49,51-54,56-57,59-63H2,1-6H3,(H-,68,70,72,73)/p+1/b23-20-,30-28+,31-29-,41-38-,50-47-,58-55+. The number of phosphoric ester groups is 1. The van der Waals surface area contributed by atoms with Crippen LogP contribution in [0.2, 0.25) is 0 Å². The van der Waals surface area contributed by atoms with Crippen LogP contribution in [0.25, 0.3) is 0 Å². The molecule has 0 aromatic carbocycles. The number of nitrogens with one attached hydrogen (secondary N) is 1. The lowest BCUT2D eigenvalue weighted by Gasteiger charge is -2.27. The molecule has 448 valence electrons. The van der Waals surface area contributed by atoms with Crippen LogP contribution in [0.4, 0.5) is 0 Å². The fraction of sp³-hybridized carbons (Fsp3) is 0.791. The van der Waals surface area contributed by atoms with Crippen molar-refractivity contribution in [1.29, 1.82) is 0 Å². The first-order valence-electron chi connectivity index (χ1n) is 32.3. The molecule has 1 amide bonds. The minimum Gasteiger partial charge on any atom is -0.456 e. The Morgan fingerprint density at radius 2 is 0.805 bits per heavy atom. The number of carbonyl (C=O) groups excluding carboxylic acids is 2. The average molecular weight is 1100 g/mol. The minimum absolute atomic E-state index is 0.0285. The molecule has 0 aliphatic rings. The molecule has 0 fully saturated rings. The number of likely N-dealkylation sites (N-methyl/N-ethyl adjacent to an activating group) is 1. The first-order chi connectivity index (χ1) is 37.4. The third kappa shape index (κ3) is 57.9. The van der Waals surface area contributed by atoms with E-state index >= 15 is 0 Å². The average Bonchev–Trinajstić information content (AvgIpc) is 3.39. The van der Waals surface area contributed by atoms with E-state index in [0.717, 1.165) is 64.2 Å². The molecule has 0 rings (SSSR count). The van der Waals surface area contributed by atoms with Crippen molar-refractivity contribution in [3.05, 3.63) is 72.9 Å². The van der Waals surface area contributed by atoms with Gasteiger partial charge in [0.2, 0.25) is 5.91 Å². The van der Waals surface area contributed by atoms with Crippen LogP contribution in [-0.2, 0) is 27.9 Å². The summed E-state index contributed by atoms with van der Waals surface area (Å²) in [6.45, 7) is 6.96. The van der Waals surface area contributed by atoms with E-state index in [-0.39, 0.29) is 37.9 Å². The maximum Gasteiger partial charge on any atom is 0.472 e. The lowest BCUT2D eigenvalue weighted by molar-refractivity contribution is -0.870. The predicted octanol–water partition coefficient (Wildman–Crippen LogP) is 20.0. The minimum atomic E-state index is -4.47. The van der Waals surface area contributed by atoms with E-state index in [4.69, 9.17) is 13.8 Å². The number of allylic oxidation sites excluding steroid dienone is 11. The zero-order chi connectivity index (χ0) is 56.4. The number of quaternary nitrogens is 1. The molecule has 0 aromatic rings. The van der Waals surface area contributed by atoms with Gasteiger partial charge in [-0.25, -0.2) is 4.57 Å². The van der Waals surface area contributed by atoms with E-state index in [1.165, 1.54) is 186 Å². The monoisotopic (exact) mass is 1100 g/mol. The zero-order valence-corrected chi connectivity index (χ0v) is 52.1. The number of rotatable bonds is 58. The van der Waals surface area contributed by atoms with Gasteiger partial charge in [-0.05, 0) is 96.0 Å². The van der Waals surface area contributed by atoms with Crippen LogP contribution in [0.3, 0.4) is 0 Å². The number of nitrogens with zero attached hydrogens (tertiary/aromatic N) is 1. The van der Waals surface area contributed by atoms with Crippen molar-refractivity contribution < 1.29 is 37.3 Å². The summed E-state index contributed by atoms with van der Waals surface area (Å²) in [7, 11) is 1.46. The highest BCUT2D eigenvalue weighted by molar-refractivity contribution is 7.47. The second kappa shape index (κ2) is 56.7. The van der Waals surface area contributed by atoms with Crippen LogP contribution < -0.4 is 5.32 Å². The molecule has 0 radical (unpaired) electrons. The molecule has 0 aliphatic carbocycles. The van der Waals surface area contributed by atoms with Gasteiger partial charge in [-0.15, -0.1) is 0 Å². The number of unbranched alkanes of at least 4 members (excludes halogenated alkanes) is 32. The van der Waals surface area contributed by atoms with E-state index in [2.05, 4.69) is 86.8 Å². The maximum absolute atomic E-state index is 13.5. The summed E-state index contributed by atoms with van der Waals surface area (Å²) < 4.78 is 30.7. The first-order valence-corrected chi connectivity index (χ1v) is 33.8. The van der Waals surface area contributed by atoms with Crippen LogP contribution in [0.15, 0.2) is 72.9 Å². The molecule has 2 N–H and O–H groups in total. The van der Waals surface area contributed by atoms with Gasteiger partial charge in [-0.1, -0.05) is 255 Å². The Hall–Kier alpha value is -2.55.